The number of primary sulfonamides is 1. The van der Waals surface area contributed by atoms with Gasteiger partial charge in [0.15, 0.2) is 6.10 Å². The van der Waals surface area contributed by atoms with Crippen molar-refractivity contribution in [1.82, 2.24) is 0 Å². The van der Waals surface area contributed by atoms with E-state index in [0.29, 0.717) is 17.0 Å². The van der Waals surface area contributed by atoms with Crippen LogP contribution in [-0.4, -0.2) is 20.4 Å². The number of hydrogen-bond donors (Lipinski definition) is 2. The first-order valence-corrected chi connectivity index (χ1v) is 9.41. The van der Waals surface area contributed by atoms with Gasteiger partial charge in [-0.2, -0.15) is 0 Å². The maximum absolute atomic E-state index is 12.3. The number of ether oxygens (including phenoxy) is 1. The average Bonchev–Trinajstić information content (AvgIpc) is 2.61. The van der Waals surface area contributed by atoms with Crippen LogP contribution in [0.5, 0.6) is 5.75 Å². The average molecular weight is 388 g/mol. The molecule has 3 N–H and O–H groups in total. The number of nitrogens with one attached hydrogen (secondary N) is 1. The molecule has 1 heterocycles. The molecule has 3 aromatic rings. The minimum absolute atomic E-state index is 0.0533. The summed E-state index contributed by atoms with van der Waals surface area (Å²) in [6.45, 7) is 1.55. The largest absolute Gasteiger partial charge is 0.481 e. The second-order valence-corrected chi connectivity index (χ2v) is 7.33. The van der Waals surface area contributed by atoms with E-state index in [4.69, 9.17) is 14.3 Å². The van der Waals surface area contributed by atoms with E-state index in [9.17, 15) is 18.0 Å². The van der Waals surface area contributed by atoms with Crippen LogP contribution in [0.15, 0.2) is 68.7 Å². The van der Waals surface area contributed by atoms with Crippen LogP contribution < -0.4 is 20.8 Å². The highest BCUT2D eigenvalue weighted by molar-refractivity contribution is 7.89. The van der Waals surface area contributed by atoms with Crippen molar-refractivity contribution in [1.29, 1.82) is 0 Å². The summed E-state index contributed by atoms with van der Waals surface area (Å²) in [6, 6.07) is 13.3. The molecule has 0 radical (unpaired) electrons. The first-order chi connectivity index (χ1) is 12.7. The zero-order chi connectivity index (χ0) is 19.6. The fourth-order valence-corrected chi connectivity index (χ4v) is 2.86. The molecule has 8 nitrogen and oxygen atoms in total. The number of benzene rings is 2. The molecule has 9 heteroatoms. The molecule has 1 amide bonds. The number of carbonyl (C=O) groups excluding carboxylic acids is 1. The summed E-state index contributed by atoms with van der Waals surface area (Å²) in [5, 5.41) is 8.37. The monoisotopic (exact) mass is 388 g/mol. The highest BCUT2D eigenvalue weighted by Crippen LogP contribution is 2.21. The molecule has 0 aliphatic rings. The van der Waals surface area contributed by atoms with Crippen molar-refractivity contribution in [2.75, 3.05) is 5.32 Å². The third kappa shape index (κ3) is 4.52. The van der Waals surface area contributed by atoms with Crippen molar-refractivity contribution in [2.45, 2.75) is 17.9 Å². The van der Waals surface area contributed by atoms with Crippen LogP contribution in [0, 0.1) is 0 Å². The van der Waals surface area contributed by atoms with Gasteiger partial charge in [-0.3, -0.25) is 4.79 Å². The lowest BCUT2D eigenvalue weighted by atomic mass is 10.2. The van der Waals surface area contributed by atoms with Crippen LogP contribution in [0.1, 0.15) is 6.92 Å². The number of fused-ring (bicyclic) bond motifs is 1. The van der Waals surface area contributed by atoms with Crippen LogP contribution >= 0.6 is 0 Å². The van der Waals surface area contributed by atoms with Crippen LogP contribution in [0.2, 0.25) is 0 Å². The predicted octanol–water partition coefficient (Wildman–Crippen LogP) is 1.85. The maximum Gasteiger partial charge on any atom is 0.336 e. The number of hydrogen-bond acceptors (Lipinski definition) is 6. The fourth-order valence-electron chi connectivity index (χ4n) is 2.34. The highest BCUT2D eigenvalue weighted by atomic mass is 32.2. The van der Waals surface area contributed by atoms with E-state index in [1.54, 1.807) is 25.1 Å². The number of amides is 1. The smallest absolute Gasteiger partial charge is 0.336 e. The number of anilines is 1. The van der Waals surface area contributed by atoms with Gasteiger partial charge in [0.25, 0.3) is 5.91 Å². The van der Waals surface area contributed by atoms with Gasteiger partial charge in [-0.05, 0) is 49.4 Å². The molecule has 0 aliphatic carbocycles. The SMILES string of the molecule is C[C@H](Oc1ccc2ccc(=O)oc2c1)C(=O)Nc1ccc(S(N)(=O)=O)cc1. The molecule has 1 atom stereocenters. The second kappa shape index (κ2) is 7.22. The Morgan fingerprint density at radius 2 is 1.78 bits per heavy atom. The van der Waals surface area contributed by atoms with Crippen LogP contribution in [0.3, 0.4) is 0 Å². The molecular weight excluding hydrogens is 372 g/mol. The summed E-state index contributed by atoms with van der Waals surface area (Å²) >= 11 is 0. The Hall–Kier alpha value is -3.17. The minimum Gasteiger partial charge on any atom is -0.481 e. The van der Waals surface area contributed by atoms with Gasteiger partial charge in [-0.1, -0.05) is 0 Å². The lowest BCUT2D eigenvalue weighted by Crippen LogP contribution is -2.30. The molecule has 0 fully saturated rings. The molecule has 1 aromatic heterocycles. The van der Waals surface area contributed by atoms with Crippen molar-refractivity contribution >= 4 is 32.6 Å². The summed E-state index contributed by atoms with van der Waals surface area (Å²) < 4.78 is 33.1. The Labute approximate surface area is 154 Å². The molecule has 140 valence electrons. The molecule has 0 unspecified atom stereocenters. The molecule has 3 rings (SSSR count). The molecule has 27 heavy (non-hydrogen) atoms. The summed E-state index contributed by atoms with van der Waals surface area (Å²) in [5.74, 6) is -0.0722. The van der Waals surface area contributed by atoms with E-state index in [0.717, 1.165) is 5.39 Å². The molecule has 0 saturated carbocycles. The zero-order valence-corrected chi connectivity index (χ0v) is 15.0. The summed E-state index contributed by atoms with van der Waals surface area (Å²) in [7, 11) is -3.79. The van der Waals surface area contributed by atoms with E-state index in [-0.39, 0.29) is 4.90 Å². The van der Waals surface area contributed by atoms with Crippen LogP contribution in [0.25, 0.3) is 11.0 Å². The third-order valence-corrected chi connectivity index (χ3v) is 4.66. The van der Waals surface area contributed by atoms with Crippen molar-refractivity contribution < 1.29 is 22.4 Å². The first-order valence-electron chi connectivity index (χ1n) is 7.87. The standard InChI is InChI=1S/C18H16N2O6S/c1-11(18(22)20-13-4-7-15(8-5-13)27(19,23)24)25-14-6-2-12-3-9-17(21)26-16(12)10-14/h2-11H,1H3,(H,20,22)(H2,19,23,24)/t11-/m0/s1. The van der Waals surface area contributed by atoms with Gasteiger partial charge in [0.05, 0.1) is 4.90 Å². The summed E-state index contributed by atoms with van der Waals surface area (Å²) in [4.78, 5) is 23.5. The molecule has 0 aliphatic heterocycles. The first kappa shape index (κ1) is 18.6. The Morgan fingerprint density at radius 3 is 2.44 bits per heavy atom. The number of sulfonamides is 1. The molecule has 0 saturated heterocycles. The maximum atomic E-state index is 12.3. The highest BCUT2D eigenvalue weighted by Gasteiger charge is 2.16. The number of rotatable bonds is 5. The van der Waals surface area contributed by atoms with E-state index < -0.39 is 27.7 Å². The topological polar surface area (TPSA) is 129 Å². The Balaban J connectivity index is 1.69. The van der Waals surface area contributed by atoms with Gasteiger partial charge in [0.2, 0.25) is 10.0 Å². The van der Waals surface area contributed by atoms with E-state index in [1.807, 2.05) is 0 Å². The quantitative estimate of drug-likeness (QED) is 0.642. The lowest BCUT2D eigenvalue weighted by molar-refractivity contribution is -0.122. The minimum atomic E-state index is -3.79. The number of nitrogens with two attached hydrogens (primary N) is 1. The molecular formula is C18H16N2O6S. The Bertz CT molecular complexity index is 1150. The van der Waals surface area contributed by atoms with Crippen molar-refractivity contribution in [2.24, 2.45) is 5.14 Å². The van der Waals surface area contributed by atoms with Gasteiger partial charge in [0.1, 0.15) is 11.3 Å². The number of carbonyl (C=O) groups is 1. The predicted molar refractivity (Wildman–Crippen MR) is 99.0 cm³/mol. The van der Waals surface area contributed by atoms with Gasteiger partial charge in [-0.15, -0.1) is 0 Å². The van der Waals surface area contributed by atoms with Gasteiger partial charge in [-0.25, -0.2) is 18.4 Å². The Morgan fingerprint density at radius 1 is 1.11 bits per heavy atom. The van der Waals surface area contributed by atoms with Crippen LogP contribution in [0.4, 0.5) is 5.69 Å². The van der Waals surface area contributed by atoms with E-state index in [1.165, 1.54) is 36.4 Å². The lowest BCUT2D eigenvalue weighted by Gasteiger charge is -2.15. The normalized spacial score (nSPS) is 12.5. The van der Waals surface area contributed by atoms with Crippen LogP contribution in [-0.2, 0) is 14.8 Å². The zero-order valence-electron chi connectivity index (χ0n) is 14.2. The van der Waals surface area contributed by atoms with E-state index in [2.05, 4.69) is 5.32 Å². The van der Waals surface area contributed by atoms with Crippen molar-refractivity contribution in [3.05, 3.63) is 65.0 Å². The summed E-state index contributed by atoms with van der Waals surface area (Å²) in [5.41, 5.74) is 0.270. The third-order valence-electron chi connectivity index (χ3n) is 3.73. The molecule has 0 bridgehead atoms. The Kier molecular flexibility index (Phi) is 4.98. The fraction of sp³-hybridized carbons (Fsp3) is 0.111. The second-order valence-electron chi connectivity index (χ2n) is 5.77. The van der Waals surface area contributed by atoms with Gasteiger partial charge in [0, 0.05) is 23.2 Å². The van der Waals surface area contributed by atoms with Gasteiger partial charge < -0.3 is 14.5 Å². The van der Waals surface area contributed by atoms with Crippen molar-refractivity contribution in [3.63, 3.8) is 0 Å². The van der Waals surface area contributed by atoms with Crippen molar-refractivity contribution in [3.8, 4) is 5.75 Å². The van der Waals surface area contributed by atoms with Gasteiger partial charge >= 0.3 is 5.63 Å². The molecule has 2 aromatic carbocycles. The molecule has 0 spiro atoms. The summed E-state index contributed by atoms with van der Waals surface area (Å²) in [6.07, 6.45) is -0.851. The van der Waals surface area contributed by atoms with E-state index >= 15 is 0 Å².